The predicted molar refractivity (Wildman–Crippen MR) is 221 cm³/mol. The molecule has 5 heteroatoms. The summed E-state index contributed by atoms with van der Waals surface area (Å²) in [5.74, 6) is 1.86. The maximum Gasteiger partial charge on any atom is 0.164 e. The molecule has 8 aromatic carbocycles. The molecule has 54 heavy (non-hydrogen) atoms. The molecule has 0 fully saturated rings. The molecule has 0 aliphatic rings. The fourth-order valence-corrected chi connectivity index (χ4v) is 7.86. The molecule has 0 saturated carbocycles. The van der Waals surface area contributed by atoms with Crippen LogP contribution in [0, 0.1) is 0 Å². The number of aromatic nitrogens is 4. The highest BCUT2D eigenvalue weighted by molar-refractivity contribution is 6.22. The van der Waals surface area contributed by atoms with Gasteiger partial charge >= 0.3 is 0 Å². The molecule has 11 rings (SSSR count). The van der Waals surface area contributed by atoms with E-state index in [1.807, 2.05) is 66.7 Å². The van der Waals surface area contributed by atoms with Crippen LogP contribution in [0.5, 0.6) is 0 Å². The Hall–Kier alpha value is -7.37. The summed E-state index contributed by atoms with van der Waals surface area (Å²) in [5, 5.41) is 7.08. The van der Waals surface area contributed by atoms with E-state index >= 15 is 0 Å². The van der Waals surface area contributed by atoms with Crippen molar-refractivity contribution in [3.05, 3.63) is 182 Å². The average Bonchev–Trinajstić information content (AvgIpc) is 3.79. The molecule has 0 aliphatic heterocycles. The van der Waals surface area contributed by atoms with Gasteiger partial charge in [-0.25, -0.2) is 15.0 Å². The van der Waals surface area contributed by atoms with Crippen molar-refractivity contribution in [2.45, 2.75) is 0 Å². The van der Waals surface area contributed by atoms with Gasteiger partial charge in [-0.2, -0.15) is 0 Å². The van der Waals surface area contributed by atoms with Crippen LogP contribution in [0.2, 0.25) is 0 Å². The highest BCUT2D eigenvalue weighted by atomic mass is 16.3. The van der Waals surface area contributed by atoms with Crippen molar-refractivity contribution in [2.24, 2.45) is 0 Å². The smallest absolute Gasteiger partial charge is 0.164 e. The van der Waals surface area contributed by atoms with Crippen molar-refractivity contribution in [1.82, 2.24) is 19.5 Å². The molecule has 0 aliphatic carbocycles. The van der Waals surface area contributed by atoms with Crippen LogP contribution in [-0.2, 0) is 0 Å². The zero-order valence-corrected chi connectivity index (χ0v) is 29.0. The van der Waals surface area contributed by atoms with Gasteiger partial charge in [0, 0.05) is 43.9 Å². The predicted octanol–water partition coefficient (Wildman–Crippen LogP) is 12.7. The summed E-state index contributed by atoms with van der Waals surface area (Å²) >= 11 is 0. The van der Waals surface area contributed by atoms with Crippen LogP contribution >= 0.6 is 0 Å². The van der Waals surface area contributed by atoms with Gasteiger partial charge in [0.25, 0.3) is 0 Å². The average molecular weight is 691 g/mol. The number of hydrogen-bond donors (Lipinski definition) is 0. The number of furan rings is 1. The van der Waals surface area contributed by atoms with Crippen molar-refractivity contribution in [1.29, 1.82) is 0 Å². The summed E-state index contributed by atoms with van der Waals surface area (Å²) in [6.45, 7) is 0. The summed E-state index contributed by atoms with van der Waals surface area (Å²) in [7, 11) is 0. The second kappa shape index (κ2) is 12.1. The van der Waals surface area contributed by atoms with E-state index in [-0.39, 0.29) is 0 Å². The lowest BCUT2D eigenvalue weighted by molar-refractivity contribution is 0.669. The topological polar surface area (TPSA) is 56.7 Å². The van der Waals surface area contributed by atoms with E-state index in [4.69, 9.17) is 19.4 Å². The third-order valence-corrected chi connectivity index (χ3v) is 10.4. The van der Waals surface area contributed by atoms with E-state index in [1.165, 1.54) is 32.6 Å². The molecule has 0 atom stereocenters. The van der Waals surface area contributed by atoms with Gasteiger partial charge in [0.1, 0.15) is 11.2 Å². The molecule has 0 bridgehead atoms. The minimum absolute atomic E-state index is 0.598. The van der Waals surface area contributed by atoms with Crippen LogP contribution in [0.25, 0.3) is 105 Å². The number of rotatable bonds is 5. The number of hydrogen-bond acceptors (Lipinski definition) is 4. The molecule has 3 heterocycles. The fourth-order valence-electron chi connectivity index (χ4n) is 7.86. The Morgan fingerprint density at radius 1 is 0.352 bits per heavy atom. The van der Waals surface area contributed by atoms with Gasteiger partial charge in [-0.05, 0) is 76.5 Å². The number of para-hydroxylation sites is 1. The minimum Gasteiger partial charge on any atom is -0.456 e. The molecule has 0 radical (unpaired) electrons. The van der Waals surface area contributed by atoms with E-state index in [1.54, 1.807) is 0 Å². The number of benzene rings is 8. The molecule has 11 aromatic rings. The van der Waals surface area contributed by atoms with Gasteiger partial charge in [0.15, 0.2) is 17.5 Å². The van der Waals surface area contributed by atoms with Crippen molar-refractivity contribution < 1.29 is 4.42 Å². The first-order chi connectivity index (χ1) is 26.7. The monoisotopic (exact) mass is 690 g/mol. The SMILES string of the molecule is c1ccc(-c2nc(-c3ccccc3)nc(-c3ccc4c(c3)oc3cc(-c5ccc6c(c5)c5c7ccccc7ccc5n6-c5ccccc5)ccc34)n2)cc1. The molecule has 0 spiro atoms. The molecule has 0 N–H and O–H groups in total. The molecule has 0 amide bonds. The normalized spacial score (nSPS) is 11.7. The molecule has 3 aromatic heterocycles. The second-order valence-electron chi connectivity index (χ2n) is 13.6. The maximum atomic E-state index is 6.61. The Balaban J connectivity index is 1.04. The van der Waals surface area contributed by atoms with E-state index in [9.17, 15) is 0 Å². The number of nitrogens with zero attached hydrogens (tertiary/aromatic N) is 4. The zero-order valence-electron chi connectivity index (χ0n) is 29.0. The van der Waals surface area contributed by atoms with E-state index < -0.39 is 0 Å². The molecule has 5 nitrogen and oxygen atoms in total. The van der Waals surface area contributed by atoms with Crippen LogP contribution < -0.4 is 0 Å². The zero-order chi connectivity index (χ0) is 35.6. The van der Waals surface area contributed by atoms with Crippen LogP contribution in [0.1, 0.15) is 0 Å². The van der Waals surface area contributed by atoms with E-state index in [0.717, 1.165) is 55.4 Å². The van der Waals surface area contributed by atoms with Gasteiger partial charge in [-0.15, -0.1) is 0 Å². The first-order valence-corrected chi connectivity index (χ1v) is 18.1. The van der Waals surface area contributed by atoms with Gasteiger partial charge in [-0.1, -0.05) is 127 Å². The molecule has 0 unspecified atom stereocenters. The van der Waals surface area contributed by atoms with Gasteiger partial charge in [-0.3, -0.25) is 0 Å². The third-order valence-electron chi connectivity index (χ3n) is 10.4. The molecule has 252 valence electrons. The summed E-state index contributed by atoms with van der Waals surface area (Å²) in [4.78, 5) is 14.7. The lowest BCUT2D eigenvalue weighted by Gasteiger charge is -2.08. The lowest BCUT2D eigenvalue weighted by atomic mass is 9.99. The Labute approximate surface area is 310 Å². The first-order valence-electron chi connectivity index (χ1n) is 18.1. The Morgan fingerprint density at radius 2 is 0.870 bits per heavy atom. The standard InChI is InChI=1S/C49H30N4O/c1-4-13-32(14-5-1)47-50-48(33-15-6-2-7-16-33)52-49(51-47)36-21-25-40-39-24-20-35(29-44(39)54-45(40)30-36)34-23-26-42-41(28-34)46-38-19-11-10-12-31(38)22-27-43(46)53(42)37-17-8-3-9-18-37/h1-30H. The molecular weight excluding hydrogens is 661 g/mol. The largest absolute Gasteiger partial charge is 0.456 e. The quantitative estimate of drug-likeness (QED) is 0.180. The van der Waals surface area contributed by atoms with Crippen LogP contribution in [0.4, 0.5) is 0 Å². The maximum absolute atomic E-state index is 6.61. The van der Waals surface area contributed by atoms with Crippen LogP contribution in [-0.4, -0.2) is 19.5 Å². The number of fused-ring (bicyclic) bond motifs is 8. The Kier molecular flexibility index (Phi) is 6.79. The van der Waals surface area contributed by atoms with Crippen LogP contribution in [0.3, 0.4) is 0 Å². The lowest BCUT2D eigenvalue weighted by Crippen LogP contribution is -2.00. The van der Waals surface area contributed by atoms with E-state index in [2.05, 4.69) is 120 Å². The van der Waals surface area contributed by atoms with Crippen LogP contribution in [0.15, 0.2) is 186 Å². The van der Waals surface area contributed by atoms with Crippen molar-refractivity contribution in [2.75, 3.05) is 0 Å². The first kappa shape index (κ1) is 30.3. The summed E-state index contributed by atoms with van der Waals surface area (Å²) in [6.07, 6.45) is 0. The van der Waals surface area contributed by atoms with Gasteiger partial charge < -0.3 is 8.98 Å². The Morgan fingerprint density at radius 3 is 1.56 bits per heavy atom. The highest BCUT2D eigenvalue weighted by Crippen LogP contribution is 2.40. The molecular formula is C49H30N4O. The highest BCUT2D eigenvalue weighted by Gasteiger charge is 2.18. The van der Waals surface area contributed by atoms with Crippen molar-refractivity contribution >= 4 is 54.5 Å². The minimum atomic E-state index is 0.598. The summed E-state index contributed by atoms with van der Waals surface area (Å²) in [6, 6.07) is 63.4. The molecule has 0 saturated heterocycles. The van der Waals surface area contributed by atoms with Crippen molar-refractivity contribution in [3.63, 3.8) is 0 Å². The second-order valence-corrected chi connectivity index (χ2v) is 13.6. The fraction of sp³-hybridized carbons (Fsp3) is 0. The summed E-state index contributed by atoms with van der Waals surface area (Å²) < 4.78 is 8.98. The Bertz CT molecular complexity index is 3140. The van der Waals surface area contributed by atoms with Gasteiger partial charge in [0.2, 0.25) is 0 Å². The van der Waals surface area contributed by atoms with Crippen molar-refractivity contribution in [3.8, 4) is 51.0 Å². The van der Waals surface area contributed by atoms with Gasteiger partial charge in [0.05, 0.1) is 11.0 Å². The third kappa shape index (κ3) is 4.90. The summed E-state index contributed by atoms with van der Waals surface area (Å²) in [5.41, 5.74) is 10.1. The van der Waals surface area contributed by atoms with E-state index in [0.29, 0.717) is 17.5 Å².